The van der Waals surface area contributed by atoms with Crippen LogP contribution in [0.15, 0.2) is 48.5 Å². The lowest BCUT2D eigenvalue weighted by molar-refractivity contribution is 0.155. The van der Waals surface area contributed by atoms with Gasteiger partial charge in [0.1, 0.15) is 5.75 Å². The Hall–Kier alpha value is -2.53. The van der Waals surface area contributed by atoms with Gasteiger partial charge in [-0.1, -0.05) is 30.3 Å². The Morgan fingerprint density at radius 3 is 2.56 bits per heavy atom. The number of ether oxygens (including phenoxy) is 1. The molecule has 2 unspecified atom stereocenters. The van der Waals surface area contributed by atoms with E-state index >= 15 is 0 Å². The Morgan fingerprint density at radius 2 is 1.92 bits per heavy atom. The smallest absolute Gasteiger partial charge is 0.319 e. The second-order valence-electron chi connectivity index (χ2n) is 6.07. The summed E-state index contributed by atoms with van der Waals surface area (Å²) in [5.74, 6) is 0.783. The molecule has 0 fully saturated rings. The maximum atomic E-state index is 12.2. The molecule has 2 atom stereocenters. The van der Waals surface area contributed by atoms with Gasteiger partial charge < -0.3 is 20.5 Å². The summed E-state index contributed by atoms with van der Waals surface area (Å²) in [5, 5.41) is 15.9. The average molecular weight is 342 g/mol. The molecule has 2 rings (SSSR count). The van der Waals surface area contributed by atoms with Crippen LogP contribution in [0, 0.1) is 6.92 Å². The van der Waals surface area contributed by atoms with Gasteiger partial charge in [0.25, 0.3) is 0 Å². The fourth-order valence-corrected chi connectivity index (χ4v) is 2.62. The summed E-state index contributed by atoms with van der Waals surface area (Å²) in [6.45, 7) is 6.33. The lowest BCUT2D eigenvalue weighted by Crippen LogP contribution is -2.37. The molecule has 0 saturated carbocycles. The minimum atomic E-state index is -0.608. The molecule has 3 N–H and O–H groups in total. The predicted molar refractivity (Wildman–Crippen MR) is 100.0 cm³/mol. The lowest BCUT2D eigenvalue weighted by Gasteiger charge is -2.19. The van der Waals surface area contributed by atoms with E-state index in [1.807, 2.05) is 69.3 Å². The molecule has 134 valence electrons. The fourth-order valence-electron chi connectivity index (χ4n) is 2.62. The van der Waals surface area contributed by atoms with Crippen molar-refractivity contribution in [1.29, 1.82) is 0 Å². The molecule has 0 saturated heterocycles. The van der Waals surface area contributed by atoms with Crippen molar-refractivity contribution >= 4 is 11.7 Å². The van der Waals surface area contributed by atoms with Crippen molar-refractivity contribution < 1.29 is 14.6 Å². The molecule has 0 aliphatic heterocycles. The van der Waals surface area contributed by atoms with Crippen molar-refractivity contribution in [3.63, 3.8) is 0 Å². The van der Waals surface area contributed by atoms with E-state index in [0.717, 1.165) is 22.6 Å². The lowest BCUT2D eigenvalue weighted by atomic mass is 10.0. The molecule has 0 aliphatic rings. The summed E-state index contributed by atoms with van der Waals surface area (Å²) in [6.07, 6.45) is -0.164. The maximum Gasteiger partial charge on any atom is 0.319 e. The van der Waals surface area contributed by atoms with Gasteiger partial charge >= 0.3 is 6.03 Å². The number of rotatable bonds is 7. The van der Waals surface area contributed by atoms with Crippen LogP contribution >= 0.6 is 0 Å². The SMILES string of the molecule is CCOc1ccc(NC(=O)NC(C)CC(O)c2ccccc2)c(C)c1. The third-order valence-electron chi connectivity index (χ3n) is 3.90. The minimum Gasteiger partial charge on any atom is -0.494 e. The van der Waals surface area contributed by atoms with Crippen LogP contribution in [0.3, 0.4) is 0 Å². The summed E-state index contributed by atoms with van der Waals surface area (Å²) in [4.78, 5) is 12.2. The van der Waals surface area contributed by atoms with Gasteiger partial charge in [0.2, 0.25) is 0 Å². The number of amides is 2. The number of anilines is 1. The zero-order chi connectivity index (χ0) is 18.2. The van der Waals surface area contributed by atoms with E-state index in [0.29, 0.717) is 13.0 Å². The van der Waals surface area contributed by atoms with E-state index in [1.165, 1.54) is 0 Å². The van der Waals surface area contributed by atoms with Crippen molar-refractivity contribution in [3.05, 3.63) is 59.7 Å². The summed E-state index contributed by atoms with van der Waals surface area (Å²) >= 11 is 0. The molecule has 0 bridgehead atoms. The zero-order valence-corrected chi connectivity index (χ0v) is 15.0. The standard InChI is InChI=1S/C20H26N2O3/c1-4-25-17-10-11-18(14(2)12-17)22-20(24)21-15(3)13-19(23)16-8-6-5-7-9-16/h5-12,15,19,23H,4,13H2,1-3H3,(H2,21,22,24). The van der Waals surface area contributed by atoms with Gasteiger partial charge in [-0.25, -0.2) is 4.79 Å². The molecule has 5 heteroatoms. The van der Waals surface area contributed by atoms with Gasteiger partial charge in [-0.15, -0.1) is 0 Å². The number of hydrogen-bond acceptors (Lipinski definition) is 3. The highest BCUT2D eigenvalue weighted by Crippen LogP contribution is 2.22. The van der Waals surface area contributed by atoms with E-state index < -0.39 is 6.10 Å². The van der Waals surface area contributed by atoms with Crippen LogP contribution in [0.25, 0.3) is 0 Å². The highest BCUT2D eigenvalue weighted by molar-refractivity contribution is 5.90. The highest BCUT2D eigenvalue weighted by Gasteiger charge is 2.14. The topological polar surface area (TPSA) is 70.6 Å². The first-order valence-corrected chi connectivity index (χ1v) is 8.53. The minimum absolute atomic E-state index is 0.168. The van der Waals surface area contributed by atoms with Gasteiger partial charge in [-0.2, -0.15) is 0 Å². The van der Waals surface area contributed by atoms with E-state index in [-0.39, 0.29) is 12.1 Å². The van der Waals surface area contributed by atoms with Crippen molar-refractivity contribution in [1.82, 2.24) is 5.32 Å². The Kier molecular flexibility index (Phi) is 6.83. The van der Waals surface area contributed by atoms with E-state index in [4.69, 9.17) is 4.74 Å². The molecule has 5 nitrogen and oxygen atoms in total. The highest BCUT2D eigenvalue weighted by atomic mass is 16.5. The van der Waals surface area contributed by atoms with Crippen molar-refractivity contribution in [2.24, 2.45) is 0 Å². The number of carbonyl (C=O) groups excluding carboxylic acids is 1. The third kappa shape index (κ3) is 5.80. The third-order valence-corrected chi connectivity index (χ3v) is 3.90. The molecule has 0 spiro atoms. The molecule has 2 aromatic carbocycles. The quantitative estimate of drug-likeness (QED) is 0.711. The van der Waals surface area contributed by atoms with Crippen molar-refractivity contribution in [2.45, 2.75) is 39.3 Å². The number of urea groups is 1. The van der Waals surface area contributed by atoms with Gasteiger partial charge in [-0.05, 0) is 56.5 Å². The molecule has 2 amide bonds. The normalized spacial score (nSPS) is 13.0. The molecular weight excluding hydrogens is 316 g/mol. The molecule has 0 aromatic heterocycles. The van der Waals surface area contributed by atoms with Gasteiger partial charge in [0, 0.05) is 11.7 Å². The van der Waals surface area contributed by atoms with Gasteiger partial charge in [0.15, 0.2) is 0 Å². The molecule has 0 radical (unpaired) electrons. The predicted octanol–water partition coefficient (Wildman–Crippen LogP) is 4.03. The number of aliphatic hydroxyl groups excluding tert-OH is 1. The van der Waals surface area contributed by atoms with Crippen LogP contribution in [0.4, 0.5) is 10.5 Å². The number of carbonyl (C=O) groups is 1. The number of aliphatic hydroxyl groups is 1. The summed E-state index contributed by atoms with van der Waals surface area (Å²) in [5.41, 5.74) is 2.51. The van der Waals surface area contributed by atoms with E-state index in [1.54, 1.807) is 0 Å². The number of nitrogens with one attached hydrogen (secondary N) is 2. The fraction of sp³-hybridized carbons (Fsp3) is 0.350. The van der Waals surface area contributed by atoms with E-state index in [2.05, 4.69) is 10.6 Å². The van der Waals surface area contributed by atoms with Gasteiger partial charge in [0.05, 0.1) is 12.7 Å². The van der Waals surface area contributed by atoms with Crippen LogP contribution in [-0.2, 0) is 0 Å². The number of aryl methyl sites for hydroxylation is 1. The van der Waals surface area contributed by atoms with Crippen LogP contribution in [0.5, 0.6) is 5.75 Å². The number of benzene rings is 2. The summed E-state index contributed by atoms with van der Waals surface area (Å²) in [6, 6.07) is 14.5. The Labute approximate surface area is 149 Å². The van der Waals surface area contributed by atoms with Crippen LogP contribution < -0.4 is 15.4 Å². The Bertz CT molecular complexity index is 689. The first-order valence-electron chi connectivity index (χ1n) is 8.53. The van der Waals surface area contributed by atoms with Crippen LogP contribution in [-0.4, -0.2) is 23.8 Å². The Morgan fingerprint density at radius 1 is 1.20 bits per heavy atom. The van der Waals surface area contributed by atoms with Crippen molar-refractivity contribution in [3.8, 4) is 5.75 Å². The molecule has 0 heterocycles. The first-order chi connectivity index (χ1) is 12.0. The maximum absolute atomic E-state index is 12.2. The average Bonchev–Trinajstić information content (AvgIpc) is 2.58. The zero-order valence-electron chi connectivity index (χ0n) is 15.0. The second-order valence-corrected chi connectivity index (χ2v) is 6.07. The van der Waals surface area contributed by atoms with Gasteiger partial charge in [-0.3, -0.25) is 0 Å². The molecule has 0 aliphatic carbocycles. The molecule has 2 aromatic rings. The second kappa shape index (κ2) is 9.08. The Balaban J connectivity index is 1.87. The first kappa shape index (κ1) is 18.8. The molecular formula is C20H26N2O3. The monoisotopic (exact) mass is 342 g/mol. The summed E-state index contributed by atoms with van der Waals surface area (Å²) in [7, 11) is 0. The summed E-state index contributed by atoms with van der Waals surface area (Å²) < 4.78 is 5.44. The van der Waals surface area contributed by atoms with Crippen molar-refractivity contribution in [2.75, 3.05) is 11.9 Å². The van der Waals surface area contributed by atoms with Crippen LogP contribution in [0.1, 0.15) is 37.5 Å². The molecule has 25 heavy (non-hydrogen) atoms. The largest absolute Gasteiger partial charge is 0.494 e. The van der Waals surface area contributed by atoms with E-state index in [9.17, 15) is 9.90 Å². The number of hydrogen-bond donors (Lipinski definition) is 3. The van der Waals surface area contributed by atoms with Crippen LogP contribution in [0.2, 0.25) is 0 Å².